The van der Waals surface area contributed by atoms with Crippen LogP contribution in [0.25, 0.3) is 10.6 Å². The highest BCUT2D eigenvalue weighted by Crippen LogP contribution is 2.24. The number of benzene rings is 1. The second-order valence-corrected chi connectivity index (χ2v) is 5.57. The number of thiazole rings is 1. The summed E-state index contributed by atoms with van der Waals surface area (Å²) in [7, 11) is 0. The van der Waals surface area contributed by atoms with Gasteiger partial charge in [-0.05, 0) is 13.5 Å². The lowest BCUT2D eigenvalue weighted by atomic mass is 10.2. The summed E-state index contributed by atoms with van der Waals surface area (Å²) in [5, 5.41) is 11.8. The van der Waals surface area contributed by atoms with Gasteiger partial charge in [-0.2, -0.15) is 0 Å². The number of nitrogens with zero attached hydrogens (tertiary/aromatic N) is 2. The molecule has 2 aromatic rings. The summed E-state index contributed by atoms with van der Waals surface area (Å²) in [6.07, 6.45) is 0. The summed E-state index contributed by atoms with van der Waals surface area (Å²) < 4.78 is 0. The van der Waals surface area contributed by atoms with Gasteiger partial charge in [-0.15, -0.1) is 11.3 Å². The Bertz CT molecular complexity index is 578. The molecule has 2 rings (SSSR count). The summed E-state index contributed by atoms with van der Waals surface area (Å²) in [5.41, 5.74) is 3.26. The summed E-state index contributed by atoms with van der Waals surface area (Å²) in [6.45, 7) is 5.33. The quantitative estimate of drug-likeness (QED) is 0.888. The van der Waals surface area contributed by atoms with Crippen molar-refractivity contribution in [2.24, 2.45) is 0 Å². The summed E-state index contributed by atoms with van der Waals surface area (Å²) in [4.78, 5) is 17.2. The van der Waals surface area contributed by atoms with Crippen LogP contribution in [0.15, 0.2) is 29.6 Å². The Morgan fingerprint density at radius 2 is 2.05 bits per heavy atom. The van der Waals surface area contributed by atoms with Crippen LogP contribution in [0, 0.1) is 6.92 Å². The fourth-order valence-corrected chi connectivity index (χ4v) is 2.73. The number of hydrogen-bond acceptors (Lipinski definition) is 4. The van der Waals surface area contributed by atoms with E-state index in [4.69, 9.17) is 5.11 Å². The molecule has 0 amide bonds. The van der Waals surface area contributed by atoms with Gasteiger partial charge in [-0.1, -0.05) is 36.8 Å². The first-order valence-corrected chi connectivity index (χ1v) is 7.42. The van der Waals surface area contributed by atoms with E-state index in [1.165, 1.54) is 5.56 Å². The molecule has 0 aliphatic rings. The molecule has 0 aliphatic carbocycles. The second kappa shape index (κ2) is 6.63. The van der Waals surface area contributed by atoms with Crippen LogP contribution in [-0.2, 0) is 11.3 Å². The number of aliphatic carboxylic acids is 1. The van der Waals surface area contributed by atoms with Gasteiger partial charge in [0.05, 0.1) is 12.2 Å². The molecule has 0 saturated carbocycles. The maximum atomic E-state index is 10.8. The van der Waals surface area contributed by atoms with E-state index in [0.29, 0.717) is 13.1 Å². The van der Waals surface area contributed by atoms with Crippen LogP contribution in [0.1, 0.15) is 18.2 Å². The van der Waals surface area contributed by atoms with E-state index in [0.717, 1.165) is 16.3 Å². The Morgan fingerprint density at radius 1 is 1.35 bits per heavy atom. The first-order chi connectivity index (χ1) is 9.58. The molecule has 0 saturated heterocycles. The molecule has 0 radical (unpaired) electrons. The monoisotopic (exact) mass is 290 g/mol. The van der Waals surface area contributed by atoms with Crippen LogP contribution in [-0.4, -0.2) is 34.0 Å². The number of rotatable bonds is 6. The number of carboxylic acids is 1. The lowest BCUT2D eigenvalue weighted by Gasteiger charge is -2.16. The Hall–Kier alpha value is -1.72. The lowest BCUT2D eigenvalue weighted by molar-refractivity contribution is -0.138. The van der Waals surface area contributed by atoms with Crippen LogP contribution >= 0.6 is 11.3 Å². The van der Waals surface area contributed by atoms with Crippen LogP contribution < -0.4 is 0 Å². The normalized spacial score (nSPS) is 10.9. The predicted octanol–water partition coefficient (Wildman–Crippen LogP) is 3.03. The van der Waals surface area contributed by atoms with Crippen molar-refractivity contribution in [1.29, 1.82) is 0 Å². The summed E-state index contributed by atoms with van der Waals surface area (Å²) in [6, 6.07) is 8.26. The van der Waals surface area contributed by atoms with Crippen molar-refractivity contribution in [1.82, 2.24) is 9.88 Å². The number of aromatic nitrogens is 1. The minimum Gasteiger partial charge on any atom is -0.480 e. The van der Waals surface area contributed by atoms with Crippen molar-refractivity contribution in [3.05, 3.63) is 40.9 Å². The standard InChI is InChI=1S/C15H18N2O2S/c1-3-17(9-14(18)19)8-13-10-20-15(16-13)12-6-4-11(2)5-7-12/h4-7,10H,3,8-9H2,1-2H3,(H,18,19). The molecule has 0 bridgehead atoms. The van der Waals surface area contributed by atoms with Gasteiger partial charge in [0.2, 0.25) is 0 Å². The average molecular weight is 290 g/mol. The van der Waals surface area contributed by atoms with Crippen molar-refractivity contribution in [2.75, 3.05) is 13.1 Å². The van der Waals surface area contributed by atoms with Crippen molar-refractivity contribution in [3.8, 4) is 10.6 Å². The minimum absolute atomic E-state index is 0.0495. The molecular weight excluding hydrogens is 272 g/mol. The van der Waals surface area contributed by atoms with E-state index >= 15 is 0 Å². The highest BCUT2D eigenvalue weighted by atomic mass is 32.1. The molecule has 0 aliphatic heterocycles. The Kier molecular flexibility index (Phi) is 4.87. The number of carboxylic acid groups (broad SMARTS) is 1. The van der Waals surface area contributed by atoms with Crippen molar-refractivity contribution in [2.45, 2.75) is 20.4 Å². The number of carbonyl (C=O) groups is 1. The third-order valence-electron chi connectivity index (χ3n) is 3.04. The molecule has 5 heteroatoms. The van der Waals surface area contributed by atoms with Gasteiger partial charge in [0.25, 0.3) is 0 Å². The summed E-state index contributed by atoms with van der Waals surface area (Å²) in [5.74, 6) is -0.805. The molecule has 20 heavy (non-hydrogen) atoms. The smallest absolute Gasteiger partial charge is 0.317 e. The molecule has 1 aromatic heterocycles. The molecule has 0 spiro atoms. The van der Waals surface area contributed by atoms with E-state index in [1.807, 2.05) is 17.2 Å². The molecule has 0 fully saturated rings. The average Bonchev–Trinajstić information content (AvgIpc) is 2.87. The van der Waals surface area contributed by atoms with Crippen molar-refractivity contribution >= 4 is 17.3 Å². The topological polar surface area (TPSA) is 53.4 Å². The van der Waals surface area contributed by atoms with E-state index in [9.17, 15) is 4.79 Å². The predicted molar refractivity (Wildman–Crippen MR) is 80.9 cm³/mol. The number of aryl methyl sites for hydroxylation is 1. The first-order valence-electron chi connectivity index (χ1n) is 6.54. The number of likely N-dealkylation sites (N-methyl/N-ethyl adjacent to an activating group) is 1. The van der Waals surface area contributed by atoms with E-state index in [-0.39, 0.29) is 6.54 Å². The lowest BCUT2D eigenvalue weighted by Crippen LogP contribution is -2.29. The molecule has 1 aromatic carbocycles. The Balaban J connectivity index is 2.08. The van der Waals surface area contributed by atoms with Crippen molar-refractivity contribution < 1.29 is 9.90 Å². The Labute approximate surface area is 122 Å². The van der Waals surface area contributed by atoms with Crippen LogP contribution in [0.4, 0.5) is 0 Å². The second-order valence-electron chi connectivity index (χ2n) is 4.71. The van der Waals surface area contributed by atoms with Gasteiger partial charge in [0, 0.05) is 17.5 Å². The molecule has 4 nitrogen and oxygen atoms in total. The zero-order valence-corrected chi connectivity index (χ0v) is 12.5. The minimum atomic E-state index is -0.805. The maximum absolute atomic E-state index is 10.8. The van der Waals surface area contributed by atoms with Crippen LogP contribution in [0.2, 0.25) is 0 Å². The first kappa shape index (κ1) is 14.7. The van der Waals surface area contributed by atoms with Crippen molar-refractivity contribution in [3.63, 3.8) is 0 Å². The molecular formula is C15H18N2O2S. The zero-order chi connectivity index (χ0) is 14.5. The van der Waals surface area contributed by atoms with Gasteiger partial charge in [-0.25, -0.2) is 4.98 Å². The highest BCUT2D eigenvalue weighted by Gasteiger charge is 2.11. The third-order valence-corrected chi connectivity index (χ3v) is 3.98. The van der Waals surface area contributed by atoms with E-state index < -0.39 is 5.97 Å². The molecule has 1 heterocycles. The zero-order valence-electron chi connectivity index (χ0n) is 11.7. The maximum Gasteiger partial charge on any atom is 0.317 e. The number of hydrogen-bond donors (Lipinski definition) is 1. The SMILES string of the molecule is CCN(CC(=O)O)Cc1csc(-c2ccc(C)cc2)n1. The van der Waals surface area contributed by atoms with E-state index in [2.05, 4.69) is 36.2 Å². The van der Waals surface area contributed by atoms with Gasteiger partial charge in [0.1, 0.15) is 5.01 Å². The van der Waals surface area contributed by atoms with Crippen LogP contribution in [0.5, 0.6) is 0 Å². The largest absolute Gasteiger partial charge is 0.480 e. The van der Waals surface area contributed by atoms with Crippen LogP contribution in [0.3, 0.4) is 0 Å². The van der Waals surface area contributed by atoms with Gasteiger partial charge in [0.15, 0.2) is 0 Å². The molecule has 0 atom stereocenters. The van der Waals surface area contributed by atoms with Gasteiger partial charge >= 0.3 is 5.97 Å². The fourth-order valence-electron chi connectivity index (χ4n) is 1.91. The molecule has 0 unspecified atom stereocenters. The highest BCUT2D eigenvalue weighted by molar-refractivity contribution is 7.13. The summed E-state index contributed by atoms with van der Waals surface area (Å²) >= 11 is 1.59. The molecule has 106 valence electrons. The fraction of sp³-hybridized carbons (Fsp3) is 0.333. The Morgan fingerprint density at radius 3 is 2.65 bits per heavy atom. The van der Waals surface area contributed by atoms with E-state index in [1.54, 1.807) is 11.3 Å². The third kappa shape index (κ3) is 3.88. The van der Waals surface area contributed by atoms with Gasteiger partial charge < -0.3 is 5.11 Å². The molecule has 1 N–H and O–H groups in total. The van der Waals surface area contributed by atoms with Gasteiger partial charge in [-0.3, -0.25) is 9.69 Å².